The second-order valence-corrected chi connectivity index (χ2v) is 4.96. The third-order valence-corrected chi connectivity index (χ3v) is 3.42. The molecule has 0 atom stereocenters. The predicted molar refractivity (Wildman–Crippen MR) is 76.9 cm³/mol. The van der Waals surface area contributed by atoms with Crippen molar-refractivity contribution in [2.45, 2.75) is 13.8 Å². The molecule has 1 amide bonds. The molecule has 1 aromatic heterocycles. The van der Waals surface area contributed by atoms with Crippen LogP contribution in [0.4, 0.5) is 11.5 Å². The van der Waals surface area contributed by atoms with E-state index in [0.717, 1.165) is 5.56 Å². The molecule has 19 heavy (non-hydrogen) atoms. The van der Waals surface area contributed by atoms with Gasteiger partial charge in [-0.1, -0.05) is 23.2 Å². The van der Waals surface area contributed by atoms with Crippen molar-refractivity contribution in [3.8, 4) is 0 Å². The molecule has 0 aliphatic heterocycles. The van der Waals surface area contributed by atoms with E-state index in [-0.39, 0.29) is 11.7 Å². The molecule has 2 rings (SSSR count). The van der Waals surface area contributed by atoms with Gasteiger partial charge in [0.15, 0.2) is 5.82 Å². The summed E-state index contributed by atoms with van der Waals surface area (Å²) in [6.07, 6.45) is 0. The van der Waals surface area contributed by atoms with Crippen LogP contribution in [0.5, 0.6) is 0 Å². The van der Waals surface area contributed by atoms with Crippen molar-refractivity contribution < 1.29 is 4.79 Å². The maximum absolute atomic E-state index is 12.1. The Bertz CT molecular complexity index is 632. The molecule has 1 aromatic carbocycles. The number of hydrogen-bond donors (Lipinski definition) is 3. The number of carbonyl (C=O) groups excluding carboxylic acids is 1. The van der Waals surface area contributed by atoms with Gasteiger partial charge in [-0.05, 0) is 31.5 Å². The SMILES string of the molecule is Cc1cc(Cl)c(NC(=O)c2c(N)n[nH]c2C)cc1Cl. The fourth-order valence-electron chi connectivity index (χ4n) is 1.66. The van der Waals surface area contributed by atoms with E-state index in [4.69, 9.17) is 28.9 Å². The summed E-state index contributed by atoms with van der Waals surface area (Å²) in [5, 5.41) is 10.0. The monoisotopic (exact) mass is 298 g/mol. The van der Waals surface area contributed by atoms with E-state index in [1.807, 2.05) is 6.92 Å². The molecule has 2 aromatic rings. The van der Waals surface area contributed by atoms with Gasteiger partial charge in [0, 0.05) is 10.7 Å². The first-order valence-corrected chi connectivity index (χ1v) is 6.23. The summed E-state index contributed by atoms with van der Waals surface area (Å²) in [5.41, 5.74) is 7.78. The lowest BCUT2D eigenvalue weighted by atomic mass is 10.2. The molecular weight excluding hydrogens is 287 g/mol. The lowest BCUT2D eigenvalue weighted by Gasteiger charge is -2.09. The number of H-pyrrole nitrogens is 1. The number of halogens is 2. The minimum Gasteiger partial charge on any atom is -0.382 e. The van der Waals surface area contributed by atoms with Gasteiger partial charge >= 0.3 is 0 Å². The first-order valence-electron chi connectivity index (χ1n) is 5.47. The summed E-state index contributed by atoms with van der Waals surface area (Å²) in [4.78, 5) is 12.1. The van der Waals surface area contributed by atoms with Crippen LogP contribution in [0, 0.1) is 13.8 Å². The summed E-state index contributed by atoms with van der Waals surface area (Å²) in [5.74, 6) is -0.241. The summed E-state index contributed by atoms with van der Waals surface area (Å²) in [7, 11) is 0. The highest BCUT2D eigenvalue weighted by Gasteiger charge is 2.17. The number of aromatic nitrogens is 2. The van der Waals surface area contributed by atoms with Gasteiger partial charge in [0.05, 0.1) is 10.7 Å². The van der Waals surface area contributed by atoms with Gasteiger partial charge in [-0.3, -0.25) is 9.89 Å². The van der Waals surface area contributed by atoms with Gasteiger partial charge in [0.25, 0.3) is 5.91 Å². The molecule has 0 unspecified atom stereocenters. The van der Waals surface area contributed by atoms with Gasteiger partial charge in [0.2, 0.25) is 0 Å². The van der Waals surface area contributed by atoms with Crippen molar-refractivity contribution in [3.05, 3.63) is 39.0 Å². The zero-order valence-corrected chi connectivity index (χ0v) is 11.9. The molecule has 4 N–H and O–H groups in total. The van der Waals surface area contributed by atoms with Gasteiger partial charge in [-0.2, -0.15) is 5.10 Å². The topological polar surface area (TPSA) is 83.8 Å². The molecule has 7 heteroatoms. The summed E-state index contributed by atoms with van der Waals surface area (Å²) < 4.78 is 0. The molecule has 0 aliphatic rings. The number of nitrogen functional groups attached to an aromatic ring is 1. The maximum atomic E-state index is 12.1. The number of aryl methyl sites for hydroxylation is 2. The van der Waals surface area contributed by atoms with E-state index < -0.39 is 0 Å². The van der Waals surface area contributed by atoms with Gasteiger partial charge in [-0.15, -0.1) is 0 Å². The molecule has 0 fully saturated rings. The van der Waals surface area contributed by atoms with Crippen LogP contribution >= 0.6 is 23.2 Å². The van der Waals surface area contributed by atoms with E-state index in [1.165, 1.54) is 0 Å². The summed E-state index contributed by atoms with van der Waals surface area (Å²) in [6.45, 7) is 3.54. The average Bonchev–Trinajstić information content (AvgIpc) is 2.66. The first kappa shape index (κ1) is 13.7. The zero-order valence-electron chi connectivity index (χ0n) is 10.3. The van der Waals surface area contributed by atoms with Crippen LogP contribution < -0.4 is 11.1 Å². The van der Waals surface area contributed by atoms with Crippen LogP contribution in [-0.2, 0) is 0 Å². The van der Waals surface area contributed by atoms with Crippen LogP contribution in [0.3, 0.4) is 0 Å². The van der Waals surface area contributed by atoms with Gasteiger partial charge < -0.3 is 11.1 Å². The minimum atomic E-state index is -0.384. The highest BCUT2D eigenvalue weighted by atomic mass is 35.5. The van der Waals surface area contributed by atoms with Gasteiger partial charge in [-0.25, -0.2) is 0 Å². The third kappa shape index (κ3) is 2.67. The molecule has 1 heterocycles. The molecule has 0 bridgehead atoms. The van der Waals surface area contributed by atoms with Crippen LogP contribution in [0.25, 0.3) is 0 Å². The van der Waals surface area contributed by atoms with Crippen molar-refractivity contribution >= 4 is 40.6 Å². The third-order valence-electron chi connectivity index (χ3n) is 2.70. The highest BCUT2D eigenvalue weighted by Crippen LogP contribution is 2.29. The minimum absolute atomic E-state index is 0.143. The van der Waals surface area contributed by atoms with E-state index in [1.54, 1.807) is 19.1 Å². The normalized spacial score (nSPS) is 10.5. The second kappa shape index (κ2) is 5.11. The van der Waals surface area contributed by atoms with E-state index >= 15 is 0 Å². The van der Waals surface area contributed by atoms with E-state index in [2.05, 4.69) is 15.5 Å². The van der Waals surface area contributed by atoms with Crippen LogP contribution in [0.15, 0.2) is 12.1 Å². The number of benzene rings is 1. The predicted octanol–water partition coefficient (Wildman–Crippen LogP) is 3.17. The number of carbonyl (C=O) groups is 1. The number of nitrogens with one attached hydrogen (secondary N) is 2. The molecule has 0 saturated carbocycles. The lowest BCUT2D eigenvalue weighted by molar-refractivity contribution is 0.102. The summed E-state index contributed by atoms with van der Waals surface area (Å²) >= 11 is 12.1. The fourth-order valence-corrected chi connectivity index (χ4v) is 2.09. The van der Waals surface area contributed by atoms with Crippen molar-refractivity contribution in [2.75, 3.05) is 11.1 Å². The Balaban J connectivity index is 2.32. The van der Waals surface area contributed by atoms with Gasteiger partial charge in [0.1, 0.15) is 5.56 Å². The molecule has 0 spiro atoms. The number of amides is 1. The highest BCUT2D eigenvalue weighted by molar-refractivity contribution is 6.36. The van der Waals surface area contributed by atoms with Crippen molar-refractivity contribution in [2.24, 2.45) is 0 Å². The smallest absolute Gasteiger partial charge is 0.261 e. The quantitative estimate of drug-likeness (QED) is 0.796. The largest absolute Gasteiger partial charge is 0.382 e. The Labute approximate surface area is 120 Å². The number of anilines is 2. The Morgan fingerprint density at radius 1 is 1.32 bits per heavy atom. The zero-order chi connectivity index (χ0) is 14.2. The Hall–Kier alpha value is -1.72. The molecule has 0 aliphatic carbocycles. The number of hydrogen-bond acceptors (Lipinski definition) is 3. The Kier molecular flexibility index (Phi) is 3.68. The fraction of sp³-hybridized carbons (Fsp3) is 0.167. The average molecular weight is 299 g/mol. The van der Waals surface area contributed by atoms with Crippen molar-refractivity contribution in [1.82, 2.24) is 10.2 Å². The number of nitrogens with zero attached hydrogens (tertiary/aromatic N) is 1. The number of nitrogens with two attached hydrogens (primary N) is 1. The Morgan fingerprint density at radius 2 is 2.00 bits per heavy atom. The van der Waals surface area contributed by atoms with Crippen LogP contribution in [0.1, 0.15) is 21.6 Å². The number of rotatable bonds is 2. The Morgan fingerprint density at radius 3 is 2.58 bits per heavy atom. The molecule has 0 radical (unpaired) electrons. The van der Waals surface area contributed by atoms with Crippen LogP contribution in [-0.4, -0.2) is 16.1 Å². The molecule has 0 saturated heterocycles. The van der Waals surface area contributed by atoms with Crippen molar-refractivity contribution in [1.29, 1.82) is 0 Å². The van der Waals surface area contributed by atoms with E-state index in [0.29, 0.717) is 27.0 Å². The number of aromatic amines is 1. The standard InChI is InChI=1S/C12H12Cl2N4O/c1-5-3-8(14)9(4-7(5)13)16-12(19)10-6(2)17-18-11(10)15/h3-4H,1-2H3,(H,16,19)(H3,15,17,18). The molecular formula is C12H12Cl2N4O. The molecule has 5 nitrogen and oxygen atoms in total. The van der Waals surface area contributed by atoms with E-state index in [9.17, 15) is 4.79 Å². The van der Waals surface area contributed by atoms with Crippen molar-refractivity contribution in [3.63, 3.8) is 0 Å². The molecule has 100 valence electrons. The second-order valence-electron chi connectivity index (χ2n) is 4.14. The van der Waals surface area contributed by atoms with Crippen LogP contribution in [0.2, 0.25) is 10.0 Å². The first-order chi connectivity index (χ1) is 8.90. The summed E-state index contributed by atoms with van der Waals surface area (Å²) in [6, 6.07) is 3.29. The lowest BCUT2D eigenvalue weighted by Crippen LogP contribution is -2.14. The maximum Gasteiger partial charge on any atom is 0.261 e.